The lowest BCUT2D eigenvalue weighted by Gasteiger charge is -2.34. The average Bonchev–Trinajstić information content (AvgIpc) is 2.38. The largest absolute Gasteiger partial charge is 0.481 e. The van der Waals surface area contributed by atoms with E-state index in [-0.39, 0.29) is 11.8 Å². The number of hydrogen-bond donors (Lipinski definition) is 2. The van der Waals surface area contributed by atoms with Crippen LogP contribution in [0.25, 0.3) is 0 Å². The molecular weight excluding hydrogens is 276 g/mol. The lowest BCUT2D eigenvalue weighted by molar-refractivity contribution is -0.129. The van der Waals surface area contributed by atoms with E-state index in [4.69, 9.17) is 22.1 Å². The molecule has 0 saturated carbocycles. The quantitative estimate of drug-likeness (QED) is 0.848. The first kappa shape index (κ1) is 16.8. The van der Waals surface area contributed by atoms with Crippen LogP contribution >= 0.6 is 11.6 Å². The molecule has 1 amide bonds. The van der Waals surface area contributed by atoms with Crippen LogP contribution < -0.4 is 15.8 Å². The van der Waals surface area contributed by atoms with Gasteiger partial charge in [-0.3, -0.25) is 4.79 Å². The molecule has 0 saturated heterocycles. The Balaban J connectivity index is 2.68. The Bertz CT molecular complexity index is 465. The lowest BCUT2D eigenvalue weighted by atomic mass is 9.88. The van der Waals surface area contributed by atoms with E-state index >= 15 is 0 Å². The van der Waals surface area contributed by atoms with E-state index in [1.54, 1.807) is 31.2 Å². The number of nitrogens with one attached hydrogen (secondary N) is 1. The van der Waals surface area contributed by atoms with Crippen molar-refractivity contribution in [1.82, 2.24) is 5.32 Å². The second-order valence-corrected chi connectivity index (χ2v) is 5.92. The molecule has 0 fully saturated rings. The fourth-order valence-electron chi connectivity index (χ4n) is 1.61. The third-order valence-electron chi connectivity index (χ3n) is 3.59. The van der Waals surface area contributed by atoms with E-state index in [2.05, 4.69) is 5.32 Å². The maximum absolute atomic E-state index is 12.2. The molecule has 2 unspecified atom stereocenters. The second kappa shape index (κ2) is 6.95. The molecule has 20 heavy (non-hydrogen) atoms. The van der Waals surface area contributed by atoms with E-state index in [0.29, 0.717) is 17.3 Å². The Morgan fingerprint density at radius 2 is 2.10 bits per heavy atom. The molecule has 1 rings (SSSR count). The zero-order valence-corrected chi connectivity index (χ0v) is 13.2. The maximum Gasteiger partial charge on any atom is 0.261 e. The van der Waals surface area contributed by atoms with Gasteiger partial charge >= 0.3 is 0 Å². The summed E-state index contributed by atoms with van der Waals surface area (Å²) >= 11 is 5.88. The zero-order valence-electron chi connectivity index (χ0n) is 12.4. The van der Waals surface area contributed by atoms with Gasteiger partial charge in [-0.1, -0.05) is 31.5 Å². The monoisotopic (exact) mass is 298 g/mol. The highest BCUT2D eigenvalue weighted by atomic mass is 35.5. The molecule has 5 heteroatoms. The molecule has 0 radical (unpaired) electrons. The van der Waals surface area contributed by atoms with Crippen LogP contribution in [0.5, 0.6) is 5.75 Å². The first-order valence-corrected chi connectivity index (χ1v) is 7.10. The predicted molar refractivity (Wildman–Crippen MR) is 82.0 cm³/mol. The van der Waals surface area contributed by atoms with E-state index < -0.39 is 11.6 Å². The summed E-state index contributed by atoms with van der Waals surface area (Å²) in [6.07, 6.45) is -0.613. The number of amides is 1. The van der Waals surface area contributed by atoms with Crippen LogP contribution in [-0.2, 0) is 4.79 Å². The third-order valence-corrected chi connectivity index (χ3v) is 3.82. The third kappa shape index (κ3) is 4.39. The number of rotatable bonds is 6. The molecule has 0 aliphatic rings. The molecule has 0 heterocycles. The number of ether oxygens (including phenoxy) is 1. The molecule has 2 atom stereocenters. The van der Waals surface area contributed by atoms with E-state index in [1.165, 1.54) is 0 Å². The summed E-state index contributed by atoms with van der Waals surface area (Å²) in [7, 11) is 0. The Morgan fingerprint density at radius 3 is 2.60 bits per heavy atom. The van der Waals surface area contributed by atoms with Gasteiger partial charge in [-0.05, 0) is 38.0 Å². The molecule has 0 aliphatic heterocycles. The fourth-order valence-corrected chi connectivity index (χ4v) is 1.79. The van der Waals surface area contributed by atoms with Crippen LogP contribution in [0.15, 0.2) is 24.3 Å². The molecule has 112 valence electrons. The average molecular weight is 299 g/mol. The van der Waals surface area contributed by atoms with Gasteiger partial charge in [0, 0.05) is 11.6 Å². The summed E-state index contributed by atoms with van der Waals surface area (Å²) in [4.78, 5) is 12.2. The molecule has 0 spiro atoms. The van der Waals surface area contributed by atoms with Crippen molar-refractivity contribution in [2.75, 3.05) is 6.54 Å². The smallest absolute Gasteiger partial charge is 0.261 e. The van der Waals surface area contributed by atoms with E-state index in [1.807, 2.05) is 20.8 Å². The summed E-state index contributed by atoms with van der Waals surface area (Å²) in [6.45, 7) is 8.06. The number of hydrogen-bond acceptors (Lipinski definition) is 3. The minimum absolute atomic E-state index is 0.188. The summed E-state index contributed by atoms with van der Waals surface area (Å²) in [5, 5.41) is 3.53. The number of halogens is 1. The van der Waals surface area contributed by atoms with Crippen LogP contribution in [0.2, 0.25) is 5.02 Å². The second-order valence-electron chi connectivity index (χ2n) is 5.48. The maximum atomic E-state index is 12.2. The molecular formula is C15H23ClN2O2. The number of carbonyl (C=O) groups is 1. The van der Waals surface area contributed by atoms with Gasteiger partial charge in [-0.2, -0.15) is 0 Å². The van der Waals surface area contributed by atoms with Crippen molar-refractivity contribution in [2.24, 2.45) is 11.7 Å². The van der Waals surface area contributed by atoms with Gasteiger partial charge in [-0.15, -0.1) is 0 Å². The van der Waals surface area contributed by atoms with Crippen LogP contribution in [0.1, 0.15) is 27.7 Å². The molecule has 0 aliphatic carbocycles. The van der Waals surface area contributed by atoms with E-state index in [0.717, 1.165) is 0 Å². The van der Waals surface area contributed by atoms with Crippen LogP contribution in [0, 0.1) is 5.92 Å². The highest BCUT2D eigenvalue weighted by Crippen LogP contribution is 2.19. The van der Waals surface area contributed by atoms with Crippen molar-refractivity contribution in [3.63, 3.8) is 0 Å². The first-order valence-electron chi connectivity index (χ1n) is 6.73. The summed E-state index contributed by atoms with van der Waals surface area (Å²) in [5.74, 6) is 0.612. The Labute approximate surface area is 125 Å². The van der Waals surface area contributed by atoms with Crippen LogP contribution in [0.4, 0.5) is 0 Å². The normalized spacial score (nSPS) is 15.6. The molecule has 0 aromatic heterocycles. The topological polar surface area (TPSA) is 64.3 Å². The predicted octanol–water partition coefficient (Wildman–Crippen LogP) is 2.60. The SMILES string of the molecule is CC(Oc1cccc(Cl)c1)C(=O)NC(C)(CN)C(C)C. The van der Waals surface area contributed by atoms with Crippen molar-refractivity contribution >= 4 is 17.5 Å². The summed E-state index contributed by atoms with van der Waals surface area (Å²) in [6, 6.07) is 6.97. The van der Waals surface area contributed by atoms with Crippen LogP contribution in [-0.4, -0.2) is 24.1 Å². The molecule has 0 bridgehead atoms. The molecule has 4 nitrogen and oxygen atoms in total. The van der Waals surface area contributed by atoms with Gasteiger partial charge in [0.1, 0.15) is 5.75 Å². The summed E-state index contributed by atoms with van der Waals surface area (Å²) < 4.78 is 5.59. The van der Waals surface area contributed by atoms with Crippen LogP contribution in [0.3, 0.4) is 0 Å². The molecule has 3 N–H and O–H groups in total. The van der Waals surface area contributed by atoms with E-state index in [9.17, 15) is 4.79 Å². The Hall–Kier alpha value is -1.26. The van der Waals surface area contributed by atoms with Crippen molar-refractivity contribution < 1.29 is 9.53 Å². The minimum atomic E-state index is -0.613. The van der Waals surface area contributed by atoms with Crippen molar-refractivity contribution in [3.05, 3.63) is 29.3 Å². The first-order chi connectivity index (χ1) is 9.28. The van der Waals surface area contributed by atoms with Gasteiger partial charge in [-0.25, -0.2) is 0 Å². The summed E-state index contributed by atoms with van der Waals surface area (Å²) in [5.41, 5.74) is 5.31. The van der Waals surface area contributed by atoms with Gasteiger partial charge < -0.3 is 15.8 Å². The fraction of sp³-hybridized carbons (Fsp3) is 0.533. The van der Waals surface area contributed by atoms with Crippen molar-refractivity contribution in [3.8, 4) is 5.75 Å². The lowest BCUT2D eigenvalue weighted by Crippen LogP contribution is -2.57. The highest BCUT2D eigenvalue weighted by Gasteiger charge is 2.30. The molecule has 1 aromatic rings. The van der Waals surface area contributed by atoms with Gasteiger partial charge in [0.25, 0.3) is 5.91 Å². The number of nitrogens with two attached hydrogens (primary N) is 1. The number of benzene rings is 1. The minimum Gasteiger partial charge on any atom is -0.481 e. The van der Waals surface area contributed by atoms with Gasteiger partial charge in [0.15, 0.2) is 6.10 Å². The Morgan fingerprint density at radius 1 is 1.45 bits per heavy atom. The van der Waals surface area contributed by atoms with Crippen molar-refractivity contribution in [2.45, 2.75) is 39.3 Å². The number of carbonyl (C=O) groups excluding carboxylic acids is 1. The molecule has 1 aromatic carbocycles. The van der Waals surface area contributed by atoms with Gasteiger partial charge in [0.2, 0.25) is 0 Å². The Kier molecular flexibility index (Phi) is 5.84. The standard InChI is InChI=1S/C15H23ClN2O2/c1-10(2)15(4,9-17)18-14(19)11(3)20-13-7-5-6-12(16)8-13/h5-8,10-11H,9,17H2,1-4H3,(H,18,19). The zero-order chi connectivity index (χ0) is 15.3. The van der Waals surface area contributed by atoms with Crippen molar-refractivity contribution in [1.29, 1.82) is 0 Å². The van der Waals surface area contributed by atoms with Gasteiger partial charge in [0.05, 0.1) is 5.54 Å². The highest BCUT2D eigenvalue weighted by molar-refractivity contribution is 6.30.